The molecule has 2 aromatic carbocycles. The number of ether oxygens (including phenoxy) is 2. The van der Waals surface area contributed by atoms with Crippen LogP contribution in [0.4, 0.5) is 0 Å². The quantitative estimate of drug-likeness (QED) is 0.151. The lowest BCUT2D eigenvalue weighted by molar-refractivity contribution is -0.135. The van der Waals surface area contributed by atoms with Crippen molar-refractivity contribution in [3.8, 4) is 0 Å². The Morgan fingerprint density at radius 2 is 1.35 bits per heavy atom. The van der Waals surface area contributed by atoms with E-state index in [2.05, 4.69) is 20.7 Å². The van der Waals surface area contributed by atoms with Gasteiger partial charge in [0.25, 0.3) is 0 Å². The number of Topliss-reactive ketones (excluding diaryl/α,β-unsaturated/α-hetero) is 1. The average molecular weight is 745 g/mol. The van der Waals surface area contributed by atoms with E-state index in [9.17, 15) is 25.3 Å². The van der Waals surface area contributed by atoms with E-state index >= 15 is 0 Å². The summed E-state index contributed by atoms with van der Waals surface area (Å²) in [7, 11) is 0. The number of ketones is 1. The third kappa shape index (κ3) is 13.1. The van der Waals surface area contributed by atoms with Crippen molar-refractivity contribution in [2.75, 3.05) is 39.2 Å². The van der Waals surface area contributed by atoms with E-state index in [1.54, 1.807) is 30.3 Å². The highest BCUT2D eigenvalue weighted by molar-refractivity contribution is 5.98. The van der Waals surface area contributed by atoms with Gasteiger partial charge in [-0.15, -0.1) is 0 Å². The van der Waals surface area contributed by atoms with Gasteiger partial charge in [0, 0.05) is 44.1 Å². The number of amides is 4. The molecule has 2 saturated heterocycles. The van der Waals surface area contributed by atoms with Crippen molar-refractivity contribution in [2.45, 2.75) is 96.2 Å². The van der Waals surface area contributed by atoms with Crippen LogP contribution in [0.15, 0.2) is 60.7 Å². The molecule has 2 aliphatic rings. The average Bonchev–Trinajstić information content (AvgIpc) is 3.80. The summed E-state index contributed by atoms with van der Waals surface area (Å²) in [5.41, 5.74) is -2.04. The largest absolute Gasteiger partial charge is 0.379 e. The Labute approximate surface area is 343 Å². The number of epoxide rings is 1. The first kappa shape index (κ1) is 18.3. The summed E-state index contributed by atoms with van der Waals surface area (Å²) in [6, 6.07) is 4.66. The van der Waals surface area contributed by atoms with Gasteiger partial charge in [0.1, 0.15) is 23.7 Å². The van der Waals surface area contributed by atoms with E-state index in [-0.39, 0.29) is 16.9 Å². The van der Waals surface area contributed by atoms with Gasteiger partial charge >= 0.3 is 0 Å². The minimum Gasteiger partial charge on any atom is -0.379 e. The molecular weight excluding hydrogens is 662 g/mol. The summed E-state index contributed by atoms with van der Waals surface area (Å²) < 4.78 is 213. The highest BCUT2D eigenvalue weighted by Gasteiger charge is 2.50. The van der Waals surface area contributed by atoms with Crippen LogP contribution in [-0.2, 0) is 46.3 Å². The predicted molar refractivity (Wildman–Crippen MR) is 198 cm³/mol. The lowest BCUT2D eigenvalue weighted by atomic mass is 9.93. The third-order valence-electron chi connectivity index (χ3n) is 7.68. The van der Waals surface area contributed by atoms with Gasteiger partial charge in [-0.05, 0) is 55.5 Å². The van der Waals surface area contributed by atoms with Crippen LogP contribution in [0.2, 0.25) is 0 Å². The lowest BCUT2D eigenvalue weighted by Crippen LogP contribution is -2.59. The summed E-state index contributed by atoms with van der Waals surface area (Å²) in [6.45, 7) is -33.3. The van der Waals surface area contributed by atoms with Crippen molar-refractivity contribution < 1.29 is 67.7 Å². The van der Waals surface area contributed by atoms with E-state index in [0.717, 1.165) is 6.92 Å². The van der Waals surface area contributed by atoms with Gasteiger partial charge in [-0.1, -0.05) is 88.1 Å². The number of nitrogens with one attached hydrogen (secondary N) is 4. The normalized spacial score (nSPS) is 33.5. The minimum absolute atomic E-state index is 0.130. The number of hydrogen-bond acceptors (Lipinski definition) is 8. The van der Waals surface area contributed by atoms with Gasteiger partial charge in [0.05, 0.1) is 41.8 Å². The molecule has 4 amide bonds. The molecule has 12 nitrogen and oxygen atoms in total. The molecule has 2 aromatic rings. The Morgan fingerprint density at radius 3 is 1.96 bits per heavy atom. The molecule has 0 spiro atoms. The third-order valence-corrected chi connectivity index (χ3v) is 7.68. The second-order valence-electron chi connectivity index (χ2n) is 11.9. The zero-order valence-electron chi connectivity index (χ0n) is 53.1. The van der Waals surface area contributed by atoms with Crippen LogP contribution < -0.4 is 21.3 Å². The SMILES string of the molecule is [2H]C([2H])([2H])C([2H])(C[C@H](NC(=O)[C@H](CCc1ccccc1)NC(=O)CN1C([2H])([2H])C([2H])([2H])OC([2H])([2H])C1([2H])[2H])C(=O)N[C@@H](Cc1ccccc1)C(=O)N[C@]([2H])(CC([2H])(C([2H])([2H])[2H])C([2H])([2H])[2H])C(=O)[C@]1(C)OC1([2H])[2H])C([2H])([2H])[2H]. The maximum Gasteiger partial charge on any atom is 0.243 e. The number of rotatable bonds is 20. The summed E-state index contributed by atoms with van der Waals surface area (Å²) in [6.07, 6.45) is -4.89. The number of hydrogen-bond donors (Lipinski definition) is 4. The fraction of sp³-hybridized carbons (Fsp3) is 0.575. The van der Waals surface area contributed by atoms with Crippen molar-refractivity contribution in [3.63, 3.8) is 0 Å². The molecule has 2 aliphatic heterocycles. The first-order chi connectivity index (χ1) is 34.5. The maximum absolute atomic E-state index is 14.7. The zero-order valence-corrected chi connectivity index (χ0v) is 28.1. The molecule has 284 valence electrons. The Morgan fingerprint density at radius 1 is 0.788 bits per heavy atom. The number of aryl methyl sites for hydroxylation is 1. The molecule has 4 rings (SSSR count). The van der Waals surface area contributed by atoms with E-state index in [4.69, 9.17) is 37.6 Å². The lowest BCUT2D eigenvalue weighted by Gasteiger charge is -2.29. The van der Waals surface area contributed by atoms with Gasteiger partial charge in [-0.3, -0.25) is 28.9 Å². The molecule has 0 aliphatic carbocycles. The molecule has 0 radical (unpaired) electrons. The van der Waals surface area contributed by atoms with Gasteiger partial charge in [0.2, 0.25) is 23.6 Å². The molecule has 0 aromatic heterocycles. The first-order valence-electron chi connectivity index (χ1n) is 28.5. The van der Waals surface area contributed by atoms with Crippen molar-refractivity contribution in [1.29, 1.82) is 0 Å². The highest BCUT2D eigenvalue weighted by atomic mass is 16.6. The van der Waals surface area contributed by atoms with Crippen molar-refractivity contribution in [3.05, 3.63) is 71.8 Å². The van der Waals surface area contributed by atoms with Crippen LogP contribution in [0.25, 0.3) is 0 Å². The predicted octanol–water partition coefficient (Wildman–Crippen LogP) is 2.58. The number of morpholine rings is 1. The van der Waals surface area contributed by atoms with Crippen LogP contribution in [-0.4, -0.2) is 103 Å². The smallest absolute Gasteiger partial charge is 0.243 e. The van der Waals surface area contributed by atoms with Crippen LogP contribution in [0, 0.1) is 11.8 Å². The molecular formula is C40H57N5O7. The fourth-order valence-corrected chi connectivity index (χ4v) is 4.96. The summed E-state index contributed by atoms with van der Waals surface area (Å²) in [5, 5.41) is 8.21. The minimum atomic E-state index is -3.84. The molecule has 12 heteroatoms. The molecule has 2 fully saturated rings. The van der Waals surface area contributed by atoms with Gasteiger partial charge in [0.15, 0.2) is 5.78 Å². The second-order valence-corrected chi connectivity index (χ2v) is 11.9. The van der Waals surface area contributed by atoms with Gasteiger partial charge in [-0.2, -0.15) is 0 Å². The molecule has 0 bridgehead atoms. The summed E-state index contributed by atoms with van der Waals surface area (Å²) >= 11 is 0. The second kappa shape index (κ2) is 19.6. The Bertz CT molecular complexity index is 2440. The summed E-state index contributed by atoms with van der Waals surface area (Å²) in [4.78, 5) is 71.6. The van der Waals surface area contributed by atoms with E-state index in [1.807, 2.05) is 5.32 Å². The van der Waals surface area contributed by atoms with Crippen molar-refractivity contribution in [1.82, 2.24) is 26.2 Å². The maximum atomic E-state index is 14.7. The van der Waals surface area contributed by atoms with Crippen LogP contribution in [0.1, 0.15) is 99.0 Å². The molecule has 2 heterocycles. The number of nitrogens with zero attached hydrogens (tertiary/aromatic N) is 1. The highest BCUT2D eigenvalue weighted by Crippen LogP contribution is 2.29. The van der Waals surface area contributed by atoms with Gasteiger partial charge < -0.3 is 30.7 Å². The fourth-order valence-electron chi connectivity index (χ4n) is 4.96. The topological polar surface area (TPSA) is 158 Å². The molecule has 52 heavy (non-hydrogen) atoms. The standard InChI is InChI=1S/C40H57N5O7/c1-27(2)22-32(36(47)40(5)26-52-40)42-39(50)34(24-30-14-10-7-11-15-30)44-38(49)33(23-28(3)4)43-37(48)31(17-16-29-12-8-6-9-13-29)41-35(46)25-45-18-20-51-21-19-45/h6-15,27-28,31-34H,16-26H2,1-5H3,(H,41,46)(H,42,50)(H,43,48)(H,44,49)/t31-,32+,33-,34-,40+/m0/s1/i1D3,2D3,3D3,4D3,18D2,19D2,20D2,21D2,26D2,27D,28D,32D. The Kier molecular flexibility index (Phi) is 6.90. The van der Waals surface area contributed by atoms with Crippen LogP contribution >= 0.6 is 0 Å². The number of carbonyl (C=O) groups excluding carboxylic acids is 5. The van der Waals surface area contributed by atoms with Crippen molar-refractivity contribution in [2.24, 2.45) is 11.8 Å². The van der Waals surface area contributed by atoms with Crippen LogP contribution in [0.5, 0.6) is 0 Å². The Hall–Kier alpha value is -4.13. The van der Waals surface area contributed by atoms with E-state index < -0.39 is 163 Å². The molecule has 0 saturated carbocycles. The summed E-state index contributed by atoms with van der Waals surface area (Å²) in [5.74, 6) is -15.6. The monoisotopic (exact) mass is 745 g/mol. The molecule has 4 N–H and O–H groups in total. The van der Waals surface area contributed by atoms with Crippen molar-refractivity contribution >= 4 is 29.4 Å². The number of benzene rings is 2. The number of carbonyl (C=O) groups is 5. The van der Waals surface area contributed by atoms with E-state index in [1.165, 1.54) is 30.3 Å². The molecule has 5 atom stereocenters. The van der Waals surface area contributed by atoms with Crippen LogP contribution in [0.3, 0.4) is 0 Å². The van der Waals surface area contributed by atoms with Gasteiger partial charge in [-0.25, -0.2) is 0 Å². The molecule has 0 unspecified atom stereocenters. The first-order valence-corrected chi connectivity index (χ1v) is 16.0. The Balaban J connectivity index is 1.85. The van der Waals surface area contributed by atoms with E-state index in [0.29, 0.717) is 5.56 Å². The zero-order chi connectivity index (χ0) is 59.4.